The monoisotopic (exact) mass is 413 g/mol. The van der Waals surface area contributed by atoms with Crippen LogP contribution in [0.4, 0.5) is 13.2 Å². The Bertz CT molecular complexity index is 765. The van der Waals surface area contributed by atoms with Gasteiger partial charge in [0.25, 0.3) is 0 Å². The average molecular weight is 413 g/mol. The van der Waals surface area contributed by atoms with Gasteiger partial charge in [-0.05, 0) is 43.9 Å². The molecule has 0 aliphatic heterocycles. The van der Waals surface area contributed by atoms with E-state index < -0.39 is 23.7 Å². The smallest absolute Gasteiger partial charge is 0.416 e. The summed E-state index contributed by atoms with van der Waals surface area (Å²) in [7, 11) is 3.94. The van der Waals surface area contributed by atoms with Crippen molar-refractivity contribution in [3.8, 4) is 5.75 Å². The van der Waals surface area contributed by atoms with E-state index in [-0.39, 0.29) is 6.10 Å². The van der Waals surface area contributed by atoms with Gasteiger partial charge in [-0.15, -0.1) is 0 Å². The molecule has 0 saturated carbocycles. The van der Waals surface area contributed by atoms with Gasteiger partial charge in [-0.25, -0.2) is 9.59 Å². The number of hydrogen-bond donors (Lipinski definition) is 2. The van der Waals surface area contributed by atoms with Crippen molar-refractivity contribution in [2.75, 3.05) is 20.6 Å². The standard InChI is InChI=1S/C18H20F3NO.C2H2O4/c1-22(2)13-12-17(14-6-4-3-5-7-14)23-16-10-8-15(9-11-16)18(19,20)21;3-1(4)2(5)6/h3-11,17H,12-13H2,1-2H3;(H,3,4)(H,5,6). The van der Waals surface area contributed by atoms with Crippen LogP contribution in [0.5, 0.6) is 5.75 Å². The van der Waals surface area contributed by atoms with Crippen molar-refractivity contribution in [2.45, 2.75) is 18.7 Å². The maximum absolute atomic E-state index is 12.6. The molecule has 2 aromatic carbocycles. The predicted octanol–water partition coefficient (Wildman–Crippen LogP) is 3.93. The van der Waals surface area contributed by atoms with Crippen molar-refractivity contribution in [3.63, 3.8) is 0 Å². The first-order valence-corrected chi connectivity index (χ1v) is 8.50. The lowest BCUT2D eigenvalue weighted by molar-refractivity contribution is -0.159. The summed E-state index contributed by atoms with van der Waals surface area (Å²) in [6.45, 7) is 0.820. The number of aliphatic carboxylic acids is 2. The van der Waals surface area contributed by atoms with Crippen LogP contribution in [0.3, 0.4) is 0 Å². The number of rotatable bonds is 6. The third-order valence-electron chi connectivity index (χ3n) is 3.65. The highest BCUT2D eigenvalue weighted by atomic mass is 19.4. The zero-order valence-electron chi connectivity index (χ0n) is 15.9. The van der Waals surface area contributed by atoms with E-state index >= 15 is 0 Å². The van der Waals surface area contributed by atoms with Crippen LogP contribution >= 0.6 is 0 Å². The minimum Gasteiger partial charge on any atom is -0.486 e. The lowest BCUT2D eigenvalue weighted by Crippen LogP contribution is -2.18. The molecule has 1 unspecified atom stereocenters. The lowest BCUT2D eigenvalue weighted by atomic mass is 10.1. The number of nitrogens with zero attached hydrogens (tertiary/aromatic N) is 1. The number of alkyl halides is 3. The van der Waals surface area contributed by atoms with E-state index in [0.29, 0.717) is 5.75 Å². The van der Waals surface area contributed by atoms with Crippen LogP contribution in [0, 0.1) is 0 Å². The van der Waals surface area contributed by atoms with Crippen molar-refractivity contribution in [1.29, 1.82) is 0 Å². The van der Waals surface area contributed by atoms with Gasteiger partial charge in [0, 0.05) is 13.0 Å². The summed E-state index contributed by atoms with van der Waals surface area (Å²) >= 11 is 0. The minimum absolute atomic E-state index is 0.199. The first kappa shape index (κ1) is 24.0. The van der Waals surface area contributed by atoms with Gasteiger partial charge in [0.2, 0.25) is 0 Å². The van der Waals surface area contributed by atoms with Crippen molar-refractivity contribution in [3.05, 3.63) is 65.7 Å². The molecular weight excluding hydrogens is 391 g/mol. The Labute approximate surface area is 166 Å². The molecule has 9 heteroatoms. The Morgan fingerprint density at radius 1 is 0.966 bits per heavy atom. The molecule has 0 bridgehead atoms. The Morgan fingerprint density at radius 2 is 1.48 bits per heavy atom. The Morgan fingerprint density at radius 3 is 1.90 bits per heavy atom. The molecule has 0 fully saturated rings. The zero-order chi connectivity index (χ0) is 22.0. The van der Waals surface area contributed by atoms with Gasteiger partial charge in [0.05, 0.1) is 5.56 Å². The molecule has 0 aliphatic carbocycles. The third-order valence-corrected chi connectivity index (χ3v) is 3.65. The molecule has 6 nitrogen and oxygen atoms in total. The summed E-state index contributed by atoms with van der Waals surface area (Å²) in [6, 6.07) is 14.5. The zero-order valence-corrected chi connectivity index (χ0v) is 15.9. The number of benzene rings is 2. The summed E-state index contributed by atoms with van der Waals surface area (Å²) in [5, 5.41) is 14.8. The van der Waals surface area contributed by atoms with Gasteiger partial charge in [-0.2, -0.15) is 13.2 Å². The van der Waals surface area contributed by atoms with E-state index in [1.165, 1.54) is 12.1 Å². The van der Waals surface area contributed by atoms with Gasteiger partial charge in [0.1, 0.15) is 11.9 Å². The van der Waals surface area contributed by atoms with Gasteiger partial charge in [-0.1, -0.05) is 30.3 Å². The number of carboxylic acids is 2. The van der Waals surface area contributed by atoms with Gasteiger partial charge in [0.15, 0.2) is 0 Å². The summed E-state index contributed by atoms with van der Waals surface area (Å²) in [4.78, 5) is 20.2. The maximum Gasteiger partial charge on any atom is 0.416 e. The highest BCUT2D eigenvalue weighted by Crippen LogP contribution is 2.31. The fourth-order valence-electron chi connectivity index (χ4n) is 2.22. The molecule has 158 valence electrons. The van der Waals surface area contributed by atoms with E-state index in [4.69, 9.17) is 24.5 Å². The number of halogens is 3. The van der Waals surface area contributed by atoms with E-state index in [9.17, 15) is 13.2 Å². The highest BCUT2D eigenvalue weighted by molar-refractivity contribution is 6.27. The molecule has 0 amide bonds. The van der Waals surface area contributed by atoms with Crippen molar-refractivity contribution in [1.82, 2.24) is 4.90 Å². The number of carbonyl (C=O) groups is 2. The molecule has 0 radical (unpaired) electrons. The molecule has 29 heavy (non-hydrogen) atoms. The first-order chi connectivity index (χ1) is 13.5. The van der Waals surface area contributed by atoms with Crippen molar-refractivity contribution in [2.24, 2.45) is 0 Å². The molecule has 2 N–H and O–H groups in total. The van der Waals surface area contributed by atoms with E-state index in [0.717, 1.165) is 30.7 Å². The summed E-state index contributed by atoms with van der Waals surface area (Å²) in [6.07, 6.45) is -3.78. The number of ether oxygens (including phenoxy) is 1. The molecule has 0 heterocycles. The van der Waals surface area contributed by atoms with Crippen LogP contribution < -0.4 is 4.74 Å². The first-order valence-electron chi connectivity index (χ1n) is 8.50. The minimum atomic E-state index is -4.33. The Balaban J connectivity index is 0.000000612. The van der Waals surface area contributed by atoms with Crippen LogP contribution in [0.15, 0.2) is 54.6 Å². The average Bonchev–Trinajstić information content (AvgIpc) is 2.65. The molecule has 0 saturated heterocycles. The van der Waals surface area contributed by atoms with Crippen LogP contribution in [-0.4, -0.2) is 47.7 Å². The van der Waals surface area contributed by atoms with E-state index in [2.05, 4.69) is 0 Å². The third kappa shape index (κ3) is 9.11. The van der Waals surface area contributed by atoms with Crippen LogP contribution in [0.25, 0.3) is 0 Å². The summed E-state index contributed by atoms with van der Waals surface area (Å²) in [5.41, 5.74) is 0.337. The van der Waals surface area contributed by atoms with E-state index in [1.54, 1.807) is 0 Å². The Hall–Kier alpha value is -3.07. The van der Waals surface area contributed by atoms with Crippen LogP contribution in [0.2, 0.25) is 0 Å². The fraction of sp³-hybridized carbons (Fsp3) is 0.300. The number of carboxylic acid groups (broad SMARTS) is 2. The normalized spacial score (nSPS) is 11.9. The highest BCUT2D eigenvalue weighted by Gasteiger charge is 2.30. The topological polar surface area (TPSA) is 87.1 Å². The van der Waals surface area contributed by atoms with Gasteiger partial charge in [-0.3, -0.25) is 0 Å². The molecule has 0 aliphatic rings. The molecule has 2 aromatic rings. The maximum atomic E-state index is 12.6. The molecule has 0 aromatic heterocycles. The van der Waals surface area contributed by atoms with Crippen LogP contribution in [0.1, 0.15) is 23.7 Å². The summed E-state index contributed by atoms with van der Waals surface area (Å²) in [5.74, 6) is -3.21. The molecule has 0 spiro atoms. The fourth-order valence-corrected chi connectivity index (χ4v) is 2.22. The predicted molar refractivity (Wildman–Crippen MR) is 99.7 cm³/mol. The SMILES string of the molecule is CN(C)CCC(Oc1ccc(C(F)(F)F)cc1)c1ccccc1.O=C(O)C(=O)O. The van der Waals surface area contributed by atoms with Crippen molar-refractivity contribution >= 4 is 11.9 Å². The Kier molecular flexibility index (Phi) is 9.14. The molecular formula is C20H22F3NO5. The van der Waals surface area contributed by atoms with Crippen LogP contribution in [-0.2, 0) is 15.8 Å². The quantitative estimate of drug-likeness (QED) is 0.698. The molecule has 2 rings (SSSR count). The second kappa shape index (κ2) is 11.1. The largest absolute Gasteiger partial charge is 0.486 e. The van der Waals surface area contributed by atoms with Gasteiger partial charge < -0.3 is 19.8 Å². The second-order valence-corrected chi connectivity index (χ2v) is 6.24. The molecule has 1 atom stereocenters. The van der Waals surface area contributed by atoms with Crippen molar-refractivity contribution < 1.29 is 37.7 Å². The summed E-state index contributed by atoms with van der Waals surface area (Å²) < 4.78 is 43.8. The van der Waals surface area contributed by atoms with E-state index in [1.807, 2.05) is 49.3 Å². The number of hydrogen-bond acceptors (Lipinski definition) is 4. The second-order valence-electron chi connectivity index (χ2n) is 6.24. The lowest BCUT2D eigenvalue weighted by Gasteiger charge is -2.22. The van der Waals surface area contributed by atoms with Gasteiger partial charge >= 0.3 is 18.1 Å².